The number of aliphatic imine (C=N–C) groups is 1. The molecule has 3 nitrogen and oxygen atoms in total. The number of nitrogens with two attached hydrogens (primary N) is 1. The Morgan fingerprint density at radius 3 is 2.47 bits per heavy atom. The molecule has 1 aliphatic carbocycles. The molecule has 0 radical (unpaired) electrons. The second-order valence-corrected chi connectivity index (χ2v) is 5.99. The lowest BCUT2D eigenvalue weighted by Gasteiger charge is -2.36. The second kappa shape index (κ2) is 5.24. The molecule has 2 aliphatic rings. The van der Waals surface area contributed by atoms with Crippen LogP contribution in [0.25, 0.3) is 0 Å². The lowest BCUT2D eigenvalue weighted by molar-refractivity contribution is 0.261. The lowest BCUT2D eigenvalue weighted by Crippen LogP contribution is -2.45. The Kier molecular flexibility index (Phi) is 3.45. The van der Waals surface area contributed by atoms with Crippen molar-refractivity contribution in [2.75, 3.05) is 11.4 Å². The van der Waals surface area contributed by atoms with Gasteiger partial charge in [0.05, 0.1) is 12.6 Å². The van der Waals surface area contributed by atoms with E-state index >= 15 is 0 Å². The maximum Gasteiger partial charge on any atom is 0.196 e. The fourth-order valence-electron chi connectivity index (χ4n) is 3.46. The molecule has 2 N–H and O–H groups in total. The van der Waals surface area contributed by atoms with Gasteiger partial charge in [0, 0.05) is 5.69 Å². The van der Waals surface area contributed by atoms with Gasteiger partial charge in [0.15, 0.2) is 5.96 Å². The standard InChI is InChI=1S/C16H23N3/c1-12-7-9-13(10-8-12)15-11-18-16(17)19(15)14-5-3-2-4-6-14/h2-6,12-13,15H,7-11H2,1H3,(H2,17,18). The van der Waals surface area contributed by atoms with E-state index in [1.807, 2.05) is 6.07 Å². The molecule has 1 unspecified atom stereocenters. The molecule has 3 rings (SSSR count). The van der Waals surface area contributed by atoms with Crippen molar-refractivity contribution in [2.45, 2.75) is 38.6 Å². The van der Waals surface area contributed by atoms with Crippen LogP contribution in [-0.2, 0) is 0 Å². The third-order valence-corrected chi connectivity index (χ3v) is 4.66. The Bertz CT molecular complexity index is 446. The molecule has 0 amide bonds. The number of nitrogens with zero attached hydrogens (tertiary/aromatic N) is 2. The summed E-state index contributed by atoms with van der Waals surface area (Å²) in [5, 5.41) is 0. The Hall–Kier alpha value is -1.51. The Labute approximate surface area is 115 Å². The third-order valence-electron chi connectivity index (χ3n) is 4.66. The van der Waals surface area contributed by atoms with Gasteiger partial charge in [-0.15, -0.1) is 0 Å². The van der Waals surface area contributed by atoms with Crippen LogP contribution in [0, 0.1) is 11.8 Å². The van der Waals surface area contributed by atoms with E-state index < -0.39 is 0 Å². The molecule has 0 bridgehead atoms. The van der Waals surface area contributed by atoms with Crippen LogP contribution in [0.15, 0.2) is 35.3 Å². The number of anilines is 1. The van der Waals surface area contributed by atoms with Crippen LogP contribution >= 0.6 is 0 Å². The molecule has 1 fully saturated rings. The summed E-state index contributed by atoms with van der Waals surface area (Å²) in [5.41, 5.74) is 7.30. The molecule has 1 aromatic carbocycles. The van der Waals surface area contributed by atoms with Crippen molar-refractivity contribution in [3.63, 3.8) is 0 Å². The highest BCUT2D eigenvalue weighted by atomic mass is 15.3. The maximum atomic E-state index is 6.11. The van der Waals surface area contributed by atoms with E-state index in [4.69, 9.17) is 5.73 Å². The lowest BCUT2D eigenvalue weighted by atomic mass is 9.79. The minimum atomic E-state index is 0.468. The summed E-state index contributed by atoms with van der Waals surface area (Å²) in [7, 11) is 0. The second-order valence-electron chi connectivity index (χ2n) is 5.99. The molecule has 1 atom stereocenters. The van der Waals surface area contributed by atoms with Gasteiger partial charge < -0.3 is 10.6 Å². The molecule has 1 aromatic rings. The summed E-state index contributed by atoms with van der Waals surface area (Å²) >= 11 is 0. The van der Waals surface area contributed by atoms with Gasteiger partial charge in [0.25, 0.3) is 0 Å². The molecule has 1 saturated carbocycles. The smallest absolute Gasteiger partial charge is 0.196 e. The largest absolute Gasteiger partial charge is 0.370 e. The Morgan fingerprint density at radius 2 is 1.79 bits per heavy atom. The van der Waals surface area contributed by atoms with E-state index in [2.05, 4.69) is 41.1 Å². The number of para-hydroxylation sites is 1. The van der Waals surface area contributed by atoms with Crippen molar-refractivity contribution in [3.8, 4) is 0 Å². The summed E-state index contributed by atoms with van der Waals surface area (Å²) in [6, 6.07) is 10.9. The van der Waals surface area contributed by atoms with E-state index in [0.717, 1.165) is 18.4 Å². The maximum absolute atomic E-state index is 6.11. The summed E-state index contributed by atoms with van der Waals surface area (Å²) in [6.07, 6.45) is 5.34. The molecular weight excluding hydrogens is 234 g/mol. The number of rotatable bonds is 2. The van der Waals surface area contributed by atoms with Crippen LogP contribution in [0.4, 0.5) is 5.69 Å². The summed E-state index contributed by atoms with van der Waals surface area (Å²) in [4.78, 5) is 6.74. The van der Waals surface area contributed by atoms with Crippen LogP contribution in [-0.4, -0.2) is 18.5 Å². The van der Waals surface area contributed by atoms with Gasteiger partial charge in [-0.3, -0.25) is 4.99 Å². The molecule has 102 valence electrons. The molecule has 0 spiro atoms. The number of guanidine groups is 1. The van der Waals surface area contributed by atoms with Crippen LogP contribution in [0.2, 0.25) is 0 Å². The average molecular weight is 257 g/mol. The van der Waals surface area contributed by atoms with Gasteiger partial charge in [-0.25, -0.2) is 0 Å². The zero-order chi connectivity index (χ0) is 13.2. The predicted molar refractivity (Wildman–Crippen MR) is 80.3 cm³/mol. The first-order chi connectivity index (χ1) is 9.25. The van der Waals surface area contributed by atoms with Gasteiger partial charge in [-0.1, -0.05) is 38.0 Å². The van der Waals surface area contributed by atoms with Crippen molar-refractivity contribution < 1.29 is 0 Å². The minimum Gasteiger partial charge on any atom is -0.370 e. The summed E-state index contributed by atoms with van der Waals surface area (Å²) in [6.45, 7) is 3.23. The number of hydrogen-bond acceptors (Lipinski definition) is 3. The zero-order valence-electron chi connectivity index (χ0n) is 11.6. The van der Waals surface area contributed by atoms with Crippen LogP contribution in [0.1, 0.15) is 32.6 Å². The van der Waals surface area contributed by atoms with Gasteiger partial charge >= 0.3 is 0 Å². The first kappa shape index (κ1) is 12.5. The average Bonchev–Trinajstić information content (AvgIpc) is 2.82. The third kappa shape index (κ3) is 2.46. The monoisotopic (exact) mass is 257 g/mol. The number of hydrogen-bond donors (Lipinski definition) is 1. The first-order valence-electron chi connectivity index (χ1n) is 7.40. The van der Waals surface area contributed by atoms with E-state index in [-0.39, 0.29) is 0 Å². The van der Waals surface area contributed by atoms with Crippen molar-refractivity contribution in [3.05, 3.63) is 30.3 Å². The molecular formula is C16H23N3. The SMILES string of the molecule is CC1CCC(C2CN=C(N)N2c2ccccc2)CC1. The first-order valence-corrected chi connectivity index (χ1v) is 7.40. The predicted octanol–water partition coefficient (Wildman–Crippen LogP) is 3.02. The summed E-state index contributed by atoms with van der Waals surface area (Å²) < 4.78 is 0. The van der Waals surface area contributed by atoms with E-state index in [9.17, 15) is 0 Å². The van der Waals surface area contributed by atoms with Crippen molar-refractivity contribution in [2.24, 2.45) is 22.6 Å². The van der Waals surface area contributed by atoms with Crippen LogP contribution in [0.5, 0.6) is 0 Å². The molecule has 1 aliphatic heterocycles. The van der Waals surface area contributed by atoms with Crippen molar-refractivity contribution in [1.29, 1.82) is 0 Å². The van der Waals surface area contributed by atoms with Crippen molar-refractivity contribution in [1.82, 2.24) is 0 Å². The summed E-state index contributed by atoms with van der Waals surface area (Å²) in [5.74, 6) is 2.32. The zero-order valence-corrected chi connectivity index (χ0v) is 11.6. The number of benzene rings is 1. The van der Waals surface area contributed by atoms with Crippen LogP contribution < -0.4 is 10.6 Å². The van der Waals surface area contributed by atoms with Crippen molar-refractivity contribution >= 4 is 11.6 Å². The Morgan fingerprint density at radius 1 is 1.11 bits per heavy atom. The van der Waals surface area contributed by atoms with Crippen LogP contribution in [0.3, 0.4) is 0 Å². The highest BCUT2D eigenvalue weighted by Gasteiger charge is 2.35. The van der Waals surface area contributed by atoms with Gasteiger partial charge in [-0.05, 0) is 36.8 Å². The molecule has 0 saturated heterocycles. The normalized spacial score (nSPS) is 31.3. The van der Waals surface area contributed by atoms with Gasteiger partial charge in [0.1, 0.15) is 0 Å². The Balaban J connectivity index is 1.79. The van der Waals surface area contributed by atoms with E-state index in [1.54, 1.807) is 0 Å². The topological polar surface area (TPSA) is 41.6 Å². The molecule has 19 heavy (non-hydrogen) atoms. The molecule has 0 aromatic heterocycles. The van der Waals surface area contributed by atoms with Gasteiger partial charge in [-0.2, -0.15) is 0 Å². The minimum absolute atomic E-state index is 0.468. The van der Waals surface area contributed by atoms with Gasteiger partial charge in [0.2, 0.25) is 0 Å². The molecule has 3 heteroatoms. The van der Waals surface area contributed by atoms with E-state index in [0.29, 0.717) is 12.0 Å². The van der Waals surface area contributed by atoms with E-state index in [1.165, 1.54) is 31.4 Å². The highest BCUT2D eigenvalue weighted by molar-refractivity contribution is 5.97. The highest BCUT2D eigenvalue weighted by Crippen LogP contribution is 2.35. The molecule has 1 heterocycles. The quantitative estimate of drug-likeness (QED) is 0.885. The fraction of sp³-hybridized carbons (Fsp3) is 0.562. The fourth-order valence-corrected chi connectivity index (χ4v) is 3.46.